The van der Waals surface area contributed by atoms with Gasteiger partial charge in [0.05, 0.1) is 5.92 Å². The first-order valence-electron chi connectivity index (χ1n) is 9.77. The fraction of sp³-hybridized carbons (Fsp3) is 0.550. The van der Waals surface area contributed by atoms with Crippen molar-refractivity contribution in [2.45, 2.75) is 56.8 Å². The summed E-state index contributed by atoms with van der Waals surface area (Å²) in [5.74, 6) is -4.10. The normalized spacial score (nSPS) is 23.6. The van der Waals surface area contributed by atoms with Crippen molar-refractivity contribution in [3.05, 3.63) is 34.9 Å². The summed E-state index contributed by atoms with van der Waals surface area (Å²) in [4.78, 5) is 37.1. The zero-order valence-corrected chi connectivity index (χ0v) is 16.7. The Morgan fingerprint density at radius 1 is 1.23 bits per heavy atom. The van der Waals surface area contributed by atoms with E-state index in [2.05, 4.69) is 0 Å². The van der Waals surface area contributed by atoms with Gasteiger partial charge in [0.2, 0.25) is 5.91 Å². The van der Waals surface area contributed by atoms with Gasteiger partial charge in [0, 0.05) is 5.02 Å². The third-order valence-electron chi connectivity index (χ3n) is 5.78. The average Bonchev–Trinajstić information content (AvgIpc) is 2.67. The number of alkyl halides is 3. The number of halogens is 4. The molecule has 164 valence electrons. The summed E-state index contributed by atoms with van der Waals surface area (Å²) in [6.07, 6.45) is -1.93. The molecule has 2 fully saturated rings. The molecule has 2 aliphatic rings. The minimum absolute atomic E-state index is 0.0193. The Morgan fingerprint density at radius 3 is 2.47 bits per heavy atom. The summed E-state index contributed by atoms with van der Waals surface area (Å²) in [5, 5.41) is 11.8. The zero-order valence-electron chi connectivity index (χ0n) is 16.0. The molecule has 1 saturated carbocycles. The fourth-order valence-electron chi connectivity index (χ4n) is 4.31. The molecule has 2 N–H and O–H groups in total. The number of aliphatic carboxylic acids is 1. The van der Waals surface area contributed by atoms with E-state index in [1.165, 1.54) is 0 Å². The molecule has 1 aromatic rings. The molecule has 0 aromatic heterocycles. The van der Waals surface area contributed by atoms with Crippen molar-refractivity contribution in [2.24, 2.45) is 11.8 Å². The Hall–Kier alpha value is -2.29. The molecule has 10 heteroatoms. The number of amides is 3. The van der Waals surface area contributed by atoms with Crippen molar-refractivity contribution in [1.29, 1.82) is 0 Å². The number of hydrogen-bond donors (Lipinski definition) is 2. The Bertz CT molecular complexity index is 827. The number of carbonyl (C=O) groups excluding carboxylic acids is 2. The monoisotopic (exact) mass is 446 g/mol. The lowest BCUT2D eigenvalue weighted by Gasteiger charge is -2.44. The van der Waals surface area contributed by atoms with Crippen molar-refractivity contribution in [3.8, 4) is 0 Å². The van der Waals surface area contributed by atoms with Gasteiger partial charge in [-0.3, -0.25) is 4.79 Å². The van der Waals surface area contributed by atoms with Crippen LogP contribution in [-0.4, -0.2) is 46.2 Å². The maximum Gasteiger partial charge on any atom is 0.408 e. The van der Waals surface area contributed by atoms with Crippen molar-refractivity contribution in [2.75, 3.05) is 0 Å². The molecule has 0 spiro atoms. The lowest BCUT2D eigenvalue weighted by molar-refractivity contribution is -0.172. The topological polar surface area (TPSA) is 86.7 Å². The van der Waals surface area contributed by atoms with Crippen LogP contribution >= 0.6 is 11.6 Å². The quantitative estimate of drug-likeness (QED) is 0.669. The van der Waals surface area contributed by atoms with Gasteiger partial charge in [-0.05, 0) is 42.9 Å². The van der Waals surface area contributed by atoms with E-state index in [4.69, 9.17) is 11.6 Å². The van der Waals surface area contributed by atoms with Crippen LogP contribution in [0.1, 0.15) is 37.7 Å². The standard InChI is InChI=1S/C20H22ClF3N2O4/c21-13-8-4-5-11(9-13)10-14-15(18(28)29)26(17(14)27)19(30)25-16(20(22,23)24)12-6-2-1-3-7-12/h4-5,8-9,12,14-16H,1-3,6-7,10H2,(H,25,30)(H,28,29). The van der Waals surface area contributed by atoms with Crippen LogP contribution in [0.15, 0.2) is 24.3 Å². The number of β-lactam (4-membered cyclic amide) rings is 1. The van der Waals surface area contributed by atoms with Crippen LogP contribution in [0.4, 0.5) is 18.0 Å². The SMILES string of the molecule is O=C(O)C1C(Cc2cccc(Cl)c2)C(=O)N1C(=O)NC(C1CCCCC1)C(F)(F)F. The first-order valence-corrected chi connectivity index (χ1v) is 10.1. The lowest BCUT2D eigenvalue weighted by Crippen LogP contribution is -2.70. The van der Waals surface area contributed by atoms with E-state index in [0.29, 0.717) is 41.2 Å². The van der Waals surface area contributed by atoms with Gasteiger partial charge < -0.3 is 10.4 Å². The number of likely N-dealkylation sites (tertiary alicyclic amines) is 1. The number of benzene rings is 1. The molecular formula is C20H22ClF3N2O4. The van der Waals surface area contributed by atoms with E-state index in [9.17, 15) is 32.7 Å². The summed E-state index contributed by atoms with van der Waals surface area (Å²) in [7, 11) is 0. The highest BCUT2D eigenvalue weighted by Gasteiger charge is 2.56. The average molecular weight is 447 g/mol. The second kappa shape index (κ2) is 8.83. The van der Waals surface area contributed by atoms with E-state index < -0.39 is 48.0 Å². The number of carboxylic acids is 1. The largest absolute Gasteiger partial charge is 0.480 e. The Morgan fingerprint density at radius 2 is 1.90 bits per heavy atom. The molecule has 3 amide bonds. The van der Waals surface area contributed by atoms with Gasteiger partial charge in [0.15, 0.2) is 6.04 Å². The summed E-state index contributed by atoms with van der Waals surface area (Å²) in [6, 6.07) is 1.52. The molecule has 1 heterocycles. The van der Waals surface area contributed by atoms with Crippen LogP contribution in [0.5, 0.6) is 0 Å². The predicted octanol–water partition coefficient (Wildman–Crippen LogP) is 4.01. The highest BCUT2D eigenvalue weighted by atomic mass is 35.5. The van der Waals surface area contributed by atoms with E-state index in [-0.39, 0.29) is 6.42 Å². The Labute approximate surface area is 176 Å². The number of imide groups is 1. The first-order chi connectivity index (χ1) is 14.1. The van der Waals surface area contributed by atoms with Crippen LogP contribution < -0.4 is 5.32 Å². The number of urea groups is 1. The summed E-state index contributed by atoms with van der Waals surface area (Å²) in [5.41, 5.74) is 0.600. The molecule has 1 saturated heterocycles. The number of carboxylic acid groups (broad SMARTS) is 1. The first kappa shape index (κ1) is 22.4. The summed E-state index contributed by atoms with van der Waals surface area (Å²) >= 11 is 5.90. The predicted molar refractivity (Wildman–Crippen MR) is 102 cm³/mol. The maximum absolute atomic E-state index is 13.6. The number of rotatable bonds is 5. The minimum atomic E-state index is -4.69. The Balaban J connectivity index is 1.74. The molecule has 3 atom stereocenters. The van der Waals surface area contributed by atoms with Crippen molar-refractivity contribution in [1.82, 2.24) is 10.2 Å². The number of hydrogen-bond acceptors (Lipinski definition) is 3. The van der Waals surface area contributed by atoms with Gasteiger partial charge in [-0.2, -0.15) is 13.2 Å². The van der Waals surface area contributed by atoms with E-state index >= 15 is 0 Å². The van der Waals surface area contributed by atoms with Crippen molar-refractivity contribution < 1.29 is 32.7 Å². The summed E-state index contributed by atoms with van der Waals surface area (Å²) < 4.78 is 40.7. The second-order valence-corrected chi connectivity index (χ2v) is 8.24. The summed E-state index contributed by atoms with van der Waals surface area (Å²) in [6.45, 7) is 0. The highest BCUT2D eigenvalue weighted by molar-refractivity contribution is 6.30. The van der Waals surface area contributed by atoms with Gasteiger partial charge in [-0.1, -0.05) is 43.0 Å². The number of nitrogens with one attached hydrogen (secondary N) is 1. The molecule has 1 aliphatic heterocycles. The highest BCUT2D eigenvalue weighted by Crippen LogP contribution is 2.36. The van der Waals surface area contributed by atoms with Crippen molar-refractivity contribution >= 4 is 29.5 Å². The van der Waals surface area contributed by atoms with Gasteiger partial charge >= 0.3 is 18.2 Å². The van der Waals surface area contributed by atoms with Crippen LogP contribution in [0.3, 0.4) is 0 Å². The van der Waals surface area contributed by atoms with Gasteiger partial charge in [-0.25, -0.2) is 14.5 Å². The van der Waals surface area contributed by atoms with Crippen LogP contribution in [0, 0.1) is 11.8 Å². The molecule has 30 heavy (non-hydrogen) atoms. The van der Waals surface area contributed by atoms with Crippen LogP contribution in [-0.2, 0) is 16.0 Å². The molecule has 1 aromatic carbocycles. The molecule has 3 rings (SSSR count). The molecule has 0 bridgehead atoms. The number of nitrogens with zero attached hydrogens (tertiary/aromatic N) is 1. The fourth-order valence-corrected chi connectivity index (χ4v) is 4.52. The lowest BCUT2D eigenvalue weighted by atomic mass is 9.82. The van der Waals surface area contributed by atoms with Crippen LogP contribution in [0.25, 0.3) is 0 Å². The van der Waals surface area contributed by atoms with E-state index in [1.807, 2.05) is 5.32 Å². The van der Waals surface area contributed by atoms with Crippen LogP contribution in [0.2, 0.25) is 5.02 Å². The molecular weight excluding hydrogens is 425 g/mol. The van der Waals surface area contributed by atoms with Gasteiger partial charge in [0.1, 0.15) is 6.04 Å². The van der Waals surface area contributed by atoms with Gasteiger partial charge in [0.25, 0.3) is 0 Å². The molecule has 3 unspecified atom stereocenters. The molecule has 6 nitrogen and oxygen atoms in total. The minimum Gasteiger partial charge on any atom is -0.480 e. The van der Waals surface area contributed by atoms with E-state index in [1.54, 1.807) is 24.3 Å². The van der Waals surface area contributed by atoms with Crippen molar-refractivity contribution in [3.63, 3.8) is 0 Å². The number of carbonyl (C=O) groups is 3. The third kappa shape index (κ3) is 4.71. The third-order valence-corrected chi connectivity index (χ3v) is 6.02. The smallest absolute Gasteiger partial charge is 0.408 e. The Kier molecular flexibility index (Phi) is 6.59. The molecule has 0 radical (unpaired) electrons. The van der Waals surface area contributed by atoms with E-state index in [0.717, 1.165) is 6.42 Å². The second-order valence-electron chi connectivity index (χ2n) is 7.80. The molecule has 1 aliphatic carbocycles. The maximum atomic E-state index is 13.6. The zero-order chi connectivity index (χ0) is 22.1. The van der Waals surface area contributed by atoms with Gasteiger partial charge in [-0.15, -0.1) is 0 Å².